The molecular weight excluding hydrogens is 222 g/mol. The van der Waals surface area contributed by atoms with Gasteiger partial charge in [-0.05, 0) is 13.0 Å². The maximum Gasteiger partial charge on any atom is 0.290 e. The summed E-state index contributed by atoms with van der Waals surface area (Å²) in [5, 5.41) is 13.8. The minimum Gasteiger partial charge on any atom is -0.380 e. The highest BCUT2D eigenvalue weighted by Gasteiger charge is 2.33. The van der Waals surface area contributed by atoms with Gasteiger partial charge in [0.2, 0.25) is 0 Å². The van der Waals surface area contributed by atoms with E-state index in [1.807, 2.05) is 0 Å². The molecular formula is C11H15N3O3. The van der Waals surface area contributed by atoms with E-state index in [4.69, 9.17) is 4.74 Å². The average Bonchev–Trinajstić information content (AvgIpc) is 2.23. The Kier molecular flexibility index (Phi) is 2.97. The molecule has 92 valence electrons. The number of nitrogens with one attached hydrogen (secondary N) is 1. The number of rotatable bonds is 4. The molecule has 1 N–H and O–H groups in total. The molecule has 1 aromatic heterocycles. The van der Waals surface area contributed by atoms with Gasteiger partial charge >= 0.3 is 0 Å². The molecule has 0 spiro atoms. The van der Waals surface area contributed by atoms with Crippen molar-refractivity contribution < 1.29 is 9.66 Å². The Morgan fingerprint density at radius 2 is 2.35 bits per heavy atom. The van der Waals surface area contributed by atoms with E-state index in [1.165, 1.54) is 6.20 Å². The predicted molar refractivity (Wildman–Crippen MR) is 63.0 cm³/mol. The van der Waals surface area contributed by atoms with Crippen molar-refractivity contribution in [3.8, 4) is 0 Å². The summed E-state index contributed by atoms with van der Waals surface area (Å²) in [4.78, 5) is 14.2. The summed E-state index contributed by atoms with van der Waals surface area (Å²) in [5.41, 5.74) is 0.813. The summed E-state index contributed by atoms with van der Waals surface area (Å²) in [5.74, 6) is 0.668. The molecule has 6 nitrogen and oxygen atoms in total. The van der Waals surface area contributed by atoms with Gasteiger partial charge in [-0.25, -0.2) is 4.98 Å². The normalized spacial score (nSPS) is 17.3. The zero-order valence-electron chi connectivity index (χ0n) is 9.90. The number of pyridine rings is 1. The number of nitrogens with zero attached hydrogens (tertiary/aromatic N) is 2. The third kappa shape index (κ3) is 2.52. The molecule has 0 bridgehead atoms. The topological polar surface area (TPSA) is 77.3 Å². The van der Waals surface area contributed by atoms with Crippen molar-refractivity contribution in [2.75, 3.05) is 25.1 Å². The van der Waals surface area contributed by atoms with E-state index in [-0.39, 0.29) is 11.1 Å². The second kappa shape index (κ2) is 4.29. The number of aryl methyl sites for hydroxylation is 1. The second-order valence-electron chi connectivity index (χ2n) is 4.77. The van der Waals surface area contributed by atoms with Crippen LogP contribution in [-0.4, -0.2) is 29.7 Å². The van der Waals surface area contributed by atoms with E-state index in [2.05, 4.69) is 17.2 Å². The van der Waals surface area contributed by atoms with Crippen LogP contribution in [0, 0.1) is 22.5 Å². The maximum absolute atomic E-state index is 10.6. The van der Waals surface area contributed by atoms with Crippen LogP contribution in [0.3, 0.4) is 0 Å². The summed E-state index contributed by atoms with van der Waals surface area (Å²) >= 11 is 0. The van der Waals surface area contributed by atoms with Gasteiger partial charge in [0.25, 0.3) is 5.69 Å². The van der Waals surface area contributed by atoms with Crippen molar-refractivity contribution in [2.24, 2.45) is 5.41 Å². The molecule has 0 saturated carbocycles. The monoisotopic (exact) mass is 237 g/mol. The number of hydrogen-bond donors (Lipinski definition) is 1. The lowest BCUT2D eigenvalue weighted by atomic mass is 9.89. The van der Waals surface area contributed by atoms with Crippen molar-refractivity contribution in [3.05, 3.63) is 27.9 Å². The summed E-state index contributed by atoms with van der Waals surface area (Å²) in [6.07, 6.45) is 1.29. The summed E-state index contributed by atoms with van der Waals surface area (Å²) < 4.78 is 5.15. The maximum atomic E-state index is 10.6. The fourth-order valence-corrected chi connectivity index (χ4v) is 1.69. The molecule has 0 aromatic carbocycles. The Morgan fingerprint density at radius 1 is 1.65 bits per heavy atom. The third-order valence-electron chi connectivity index (χ3n) is 2.88. The zero-order chi connectivity index (χ0) is 12.5. The highest BCUT2D eigenvalue weighted by molar-refractivity contribution is 5.46. The molecule has 2 rings (SSSR count). The van der Waals surface area contributed by atoms with Crippen molar-refractivity contribution in [1.82, 2.24) is 4.98 Å². The van der Waals surface area contributed by atoms with Gasteiger partial charge in [-0.15, -0.1) is 0 Å². The van der Waals surface area contributed by atoms with Crippen LogP contribution < -0.4 is 5.32 Å². The van der Waals surface area contributed by atoms with Crippen LogP contribution in [-0.2, 0) is 4.74 Å². The molecule has 0 aliphatic carbocycles. The van der Waals surface area contributed by atoms with Gasteiger partial charge < -0.3 is 10.1 Å². The molecule has 0 radical (unpaired) electrons. The standard InChI is InChI=1S/C11H15N3O3/c1-8-3-10(12-4-9(8)14(15)16)13-5-11(2)6-17-7-11/h3-4H,5-7H2,1-2H3,(H,12,13). The van der Waals surface area contributed by atoms with Gasteiger partial charge in [-0.3, -0.25) is 10.1 Å². The van der Waals surface area contributed by atoms with Crippen molar-refractivity contribution >= 4 is 11.5 Å². The second-order valence-corrected chi connectivity index (χ2v) is 4.77. The van der Waals surface area contributed by atoms with E-state index >= 15 is 0 Å². The number of ether oxygens (including phenoxy) is 1. The van der Waals surface area contributed by atoms with Crippen LogP contribution in [0.2, 0.25) is 0 Å². The molecule has 1 aliphatic rings. The number of nitro groups is 1. The van der Waals surface area contributed by atoms with Crippen LogP contribution in [0.15, 0.2) is 12.3 Å². The third-order valence-corrected chi connectivity index (χ3v) is 2.88. The summed E-state index contributed by atoms with van der Waals surface area (Å²) in [6, 6.07) is 1.70. The minimum absolute atomic E-state index is 0.0498. The van der Waals surface area contributed by atoms with Crippen LogP contribution in [0.5, 0.6) is 0 Å². The van der Waals surface area contributed by atoms with Crippen LogP contribution >= 0.6 is 0 Å². The van der Waals surface area contributed by atoms with E-state index in [0.717, 1.165) is 19.8 Å². The quantitative estimate of drug-likeness (QED) is 0.637. The lowest BCUT2D eigenvalue weighted by Crippen LogP contribution is -2.45. The predicted octanol–water partition coefficient (Wildman–Crippen LogP) is 1.75. The van der Waals surface area contributed by atoms with Crippen molar-refractivity contribution in [3.63, 3.8) is 0 Å². The van der Waals surface area contributed by atoms with Gasteiger partial charge in [0.05, 0.1) is 18.1 Å². The van der Waals surface area contributed by atoms with Crippen LogP contribution in [0.25, 0.3) is 0 Å². The molecule has 1 fully saturated rings. The van der Waals surface area contributed by atoms with Gasteiger partial charge in [0.1, 0.15) is 12.0 Å². The first-order chi connectivity index (χ1) is 8.00. The first-order valence-corrected chi connectivity index (χ1v) is 5.43. The first-order valence-electron chi connectivity index (χ1n) is 5.43. The lowest BCUT2D eigenvalue weighted by molar-refractivity contribution is -0.385. The fraction of sp³-hybridized carbons (Fsp3) is 0.545. The Morgan fingerprint density at radius 3 is 2.82 bits per heavy atom. The van der Waals surface area contributed by atoms with Gasteiger partial charge in [-0.2, -0.15) is 0 Å². The van der Waals surface area contributed by atoms with E-state index < -0.39 is 4.92 Å². The van der Waals surface area contributed by atoms with E-state index in [9.17, 15) is 10.1 Å². The molecule has 0 atom stereocenters. The molecule has 1 aliphatic heterocycles. The Hall–Kier alpha value is -1.69. The number of hydrogen-bond acceptors (Lipinski definition) is 5. The Balaban J connectivity index is 2.02. The average molecular weight is 237 g/mol. The van der Waals surface area contributed by atoms with Crippen LogP contribution in [0.1, 0.15) is 12.5 Å². The van der Waals surface area contributed by atoms with Crippen molar-refractivity contribution in [2.45, 2.75) is 13.8 Å². The Bertz CT molecular complexity index is 444. The minimum atomic E-state index is -0.423. The molecule has 1 saturated heterocycles. The smallest absolute Gasteiger partial charge is 0.290 e. The first kappa shape index (κ1) is 11.8. The number of aromatic nitrogens is 1. The summed E-state index contributed by atoms with van der Waals surface area (Å²) in [6.45, 7) is 6.08. The van der Waals surface area contributed by atoms with Gasteiger partial charge in [0, 0.05) is 17.5 Å². The number of anilines is 1. The van der Waals surface area contributed by atoms with E-state index in [1.54, 1.807) is 13.0 Å². The largest absolute Gasteiger partial charge is 0.380 e. The zero-order valence-corrected chi connectivity index (χ0v) is 9.90. The molecule has 1 aromatic rings. The van der Waals surface area contributed by atoms with Gasteiger partial charge in [0.15, 0.2) is 0 Å². The molecule has 0 unspecified atom stereocenters. The molecule has 6 heteroatoms. The van der Waals surface area contributed by atoms with E-state index in [0.29, 0.717) is 11.4 Å². The van der Waals surface area contributed by atoms with Crippen molar-refractivity contribution in [1.29, 1.82) is 0 Å². The SMILES string of the molecule is Cc1cc(NCC2(C)COC2)ncc1[N+](=O)[O-]. The molecule has 2 heterocycles. The lowest BCUT2D eigenvalue weighted by Gasteiger charge is -2.38. The highest BCUT2D eigenvalue weighted by atomic mass is 16.6. The summed E-state index contributed by atoms with van der Waals surface area (Å²) in [7, 11) is 0. The highest BCUT2D eigenvalue weighted by Crippen LogP contribution is 2.27. The molecule has 0 amide bonds. The Labute approximate surface area is 99.2 Å². The molecule has 17 heavy (non-hydrogen) atoms. The fourth-order valence-electron chi connectivity index (χ4n) is 1.69. The van der Waals surface area contributed by atoms with Crippen LogP contribution in [0.4, 0.5) is 11.5 Å². The van der Waals surface area contributed by atoms with Gasteiger partial charge in [-0.1, -0.05) is 6.92 Å².